The molecule has 7 nitrogen and oxygen atoms in total. The van der Waals surface area contributed by atoms with Crippen LogP contribution in [0.25, 0.3) is 6.08 Å². The summed E-state index contributed by atoms with van der Waals surface area (Å²) in [6.45, 7) is 12.6. The van der Waals surface area contributed by atoms with Gasteiger partial charge in [-0.05, 0) is 89.0 Å². The molecule has 0 radical (unpaired) electrons. The number of aromatic nitrogens is 2. The first kappa shape index (κ1) is 28.7. The smallest absolute Gasteiger partial charge is 0.270 e. The molecule has 4 heterocycles. The molecule has 0 spiro atoms. The number of rotatable bonds is 9. The number of halogens is 2. The minimum absolute atomic E-state index is 0.00401. The summed E-state index contributed by atoms with van der Waals surface area (Å²) >= 11 is 0. The number of carbonyl (C=O) groups excluding carboxylic acids is 1. The molecule has 1 aromatic heterocycles. The molecule has 0 bridgehead atoms. The molecule has 3 aliphatic rings. The van der Waals surface area contributed by atoms with E-state index in [9.17, 15) is 13.6 Å². The average Bonchev–Trinajstić information content (AvgIpc) is 3.49. The van der Waals surface area contributed by atoms with E-state index in [0.717, 1.165) is 59.6 Å². The van der Waals surface area contributed by atoms with E-state index >= 15 is 0 Å². The van der Waals surface area contributed by atoms with Gasteiger partial charge in [0.15, 0.2) is 0 Å². The van der Waals surface area contributed by atoms with Crippen LogP contribution in [-0.4, -0.2) is 51.7 Å². The lowest BCUT2D eigenvalue weighted by Crippen LogP contribution is -2.37. The number of fused-ring (bicyclic) bond motifs is 1. The van der Waals surface area contributed by atoms with E-state index in [4.69, 9.17) is 4.98 Å². The number of hydrogen-bond donors (Lipinski definition) is 3. The van der Waals surface area contributed by atoms with Gasteiger partial charge in [-0.2, -0.15) is 4.98 Å². The Hall–Kier alpha value is -3.42. The third-order valence-electron chi connectivity index (χ3n) is 8.71. The van der Waals surface area contributed by atoms with E-state index in [0.29, 0.717) is 30.8 Å². The maximum Gasteiger partial charge on any atom is 0.270 e. The standard InChI is InChI=1S/C32H37F2N6OP/c1-5-20-15-36-30(39-28(20)35-16-22-8-6-10-25-27(22)31(3,4)29(41)37-25)38-24-12-11-21(14-19(24)2)23-9-7-13-40(17-23)18-26-32(33,34)42-26/h5-6,8,10-12,14-15,23,26,42H,1,7,9,13,16-18H2,2-4H3,(H,37,41)(H2,35,36,38,39). The summed E-state index contributed by atoms with van der Waals surface area (Å²) in [5.74, 6) is 1.45. The van der Waals surface area contributed by atoms with Crippen molar-refractivity contribution in [2.24, 2.45) is 0 Å². The number of amides is 1. The number of benzene rings is 2. The van der Waals surface area contributed by atoms with Crippen LogP contribution in [0.3, 0.4) is 0 Å². The van der Waals surface area contributed by atoms with E-state index in [-0.39, 0.29) is 14.5 Å². The molecular weight excluding hydrogens is 553 g/mol. The van der Waals surface area contributed by atoms with Crippen LogP contribution in [0.5, 0.6) is 0 Å². The predicted molar refractivity (Wildman–Crippen MR) is 167 cm³/mol. The van der Waals surface area contributed by atoms with Crippen molar-refractivity contribution < 1.29 is 13.6 Å². The van der Waals surface area contributed by atoms with Crippen molar-refractivity contribution in [3.05, 3.63) is 77.0 Å². The van der Waals surface area contributed by atoms with Crippen molar-refractivity contribution in [3.63, 3.8) is 0 Å². The summed E-state index contributed by atoms with van der Waals surface area (Å²) in [6, 6.07) is 12.3. The fraction of sp³-hybridized carbons (Fsp3) is 0.406. The van der Waals surface area contributed by atoms with Crippen LogP contribution in [-0.2, 0) is 16.8 Å². The molecule has 2 aromatic carbocycles. The molecule has 2 fully saturated rings. The highest BCUT2D eigenvalue weighted by atomic mass is 31.1. The number of piperidine rings is 1. The van der Waals surface area contributed by atoms with Gasteiger partial charge < -0.3 is 20.9 Å². The van der Waals surface area contributed by atoms with Crippen molar-refractivity contribution in [2.75, 3.05) is 35.6 Å². The number of aryl methyl sites for hydroxylation is 1. The Labute approximate surface area is 247 Å². The van der Waals surface area contributed by atoms with Gasteiger partial charge >= 0.3 is 0 Å². The van der Waals surface area contributed by atoms with Crippen molar-refractivity contribution >= 4 is 43.7 Å². The fourth-order valence-corrected chi connectivity index (χ4v) is 7.03. The summed E-state index contributed by atoms with van der Waals surface area (Å²) in [4.78, 5) is 24.0. The topological polar surface area (TPSA) is 82.2 Å². The van der Waals surface area contributed by atoms with Crippen LogP contribution in [0.1, 0.15) is 60.4 Å². The molecule has 3 aromatic rings. The Morgan fingerprint density at radius 3 is 2.81 bits per heavy atom. The van der Waals surface area contributed by atoms with Gasteiger partial charge in [-0.25, -0.2) is 13.8 Å². The molecule has 1 amide bonds. The van der Waals surface area contributed by atoms with Gasteiger partial charge in [-0.1, -0.05) is 36.9 Å². The zero-order valence-electron chi connectivity index (χ0n) is 24.2. The van der Waals surface area contributed by atoms with Gasteiger partial charge in [0.25, 0.3) is 5.66 Å². The van der Waals surface area contributed by atoms with Crippen LogP contribution in [0, 0.1) is 6.92 Å². The molecule has 2 saturated heterocycles. The van der Waals surface area contributed by atoms with Crippen molar-refractivity contribution in [2.45, 2.75) is 62.8 Å². The van der Waals surface area contributed by atoms with E-state index in [1.165, 1.54) is 5.56 Å². The first-order chi connectivity index (χ1) is 20.0. The molecule has 3 N–H and O–H groups in total. The lowest BCUT2D eigenvalue weighted by Gasteiger charge is -2.33. The lowest BCUT2D eigenvalue weighted by molar-refractivity contribution is -0.119. The van der Waals surface area contributed by atoms with Crippen LogP contribution in [0.15, 0.2) is 49.2 Å². The van der Waals surface area contributed by atoms with Crippen LogP contribution in [0.4, 0.5) is 31.9 Å². The van der Waals surface area contributed by atoms with Crippen LogP contribution < -0.4 is 16.0 Å². The number of hydrogen-bond acceptors (Lipinski definition) is 6. The Kier molecular flexibility index (Phi) is 7.52. The van der Waals surface area contributed by atoms with Gasteiger partial charge in [0.2, 0.25) is 11.9 Å². The summed E-state index contributed by atoms with van der Waals surface area (Å²) in [5, 5.41) is 9.77. The predicted octanol–water partition coefficient (Wildman–Crippen LogP) is 6.85. The third-order valence-corrected chi connectivity index (χ3v) is 10.0. The average molecular weight is 591 g/mol. The highest BCUT2D eigenvalue weighted by Crippen LogP contribution is 2.62. The SMILES string of the molecule is C=Cc1cnc(Nc2ccc(C3CCCN(CC4PC4(F)F)C3)cc2C)nc1NCc1cccc2c1C(C)(C)C(=O)N2. The number of nitrogens with zero attached hydrogens (tertiary/aromatic N) is 3. The van der Waals surface area contributed by atoms with E-state index < -0.39 is 16.7 Å². The summed E-state index contributed by atoms with van der Waals surface area (Å²) in [7, 11) is -0.215. The van der Waals surface area contributed by atoms with Gasteiger partial charge in [0.1, 0.15) is 5.82 Å². The van der Waals surface area contributed by atoms with Gasteiger partial charge in [-0.3, -0.25) is 4.79 Å². The monoisotopic (exact) mass is 590 g/mol. The van der Waals surface area contributed by atoms with Crippen molar-refractivity contribution in [3.8, 4) is 0 Å². The summed E-state index contributed by atoms with van der Waals surface area (Å²) < 4.78 is 26.9. The van der Waals surface area contributed by atoms with E-state index in [1.807, 2.05) is 32.0 Å². The number of nitrogens with one attached hydrogen (secondary N) is 3. The van der Waals surface area contributed by atoms with E-state index in [1.54, 1.807) is 12.3 Å². The second-order valence-corrected chi connectivity index (χ2v) is 13.7. The van der Waals surface area contributed by atoms with Crippen molar-refractivity contribution in [1.82, 2.24) is 14.9 Å². The summed E-state index contributed by atoms with van der Waals surface area (Å²) in [5.41, 5.74) is 3.38. The minimum atomic E-state index is -2.44. The maximum absolute atomic E-state index is 13.5. The Morgan fingerprint density at radius 2 is 2.07 bits per heavy atom. The molecule has 220 valence electrons. The minimum Gasteiger partial charge on any atom is -0.365 e. The molecule has 3 unspecified atom stereocenters. The first-order valence-electron chi connectivity index (χ1n) is 14.5. The molecule has 0 aliphatic carbocycles. The number of alkyl halides is 2. The lowest BCUT2D eigenvalue weighted by atomic mass is 9.83. The molecule has 10 heteroatoms. The summed E-state index contributed by atoms with van der Waals surface area (Å²) in [6.07, 6.45) is 5.55. The number of likely N-dealkylation sites (tertiary alicyclic amines) is 1. The number of carbonyl (C=O) groups is 1. The first-order valence-corrected chi connectivity index (χ1v) is 15.6. The normalized spacial score (nSPS) is 22.8. The fourth-order valence-electron chi connectivity index (χ4n) is 6.21. The molecule has 0 saturated carbocycles. The van der Waals surface area contributed by atoms with Crippen LogP contribution >= 0.6 is 8.58 Å². The van der Waals surface area contributed by atoms with Gasteiger partial charge in [0.05, 0.1) is 11.1 Å². The molecule has 42 heavy (non-hydrogen) atoms. The zero-order chi connectivity index (χ0) is 29.6. The second-order valence-electron chi connectivity index (χ2n) is 12.1. The number of anilines is 4. The highest BCUT2D eigenvalue weighted by molar-refractivity contribution is 7.49. The molecule has 6 rings (SSSR count). The quantitative estimate of drug-likeness (QED) is 0.237. The Balaban J connectivity index is 1.14. The highest BCUT2D eigenvalue weighted by Gasteiger charge is 2.57. The Morgan fingerprint density at radius 1 is 1.26 bits per heavy atom. The molecular formula is C32H37F2N6OP. The second kappa shape index (κ2) is 11.0. The van der Waals surface area contributed by atoms with Gasteiger partial charge in [0, 0.05) is 42.8 Å². The Bertz CT molecular complexity index is 1540. The molecule has 3 aliphatic heterocycles. The van der Waals surface area contributed by atoms with E-state index in [2.05, 4.69) is 57.5 Å². The van der Waals surface area contributed by atoms with Crippen molar-refractivity contribution in [1.29, 1.82) is 0 Å². The largest absolute Gasteiger partial charge is 0.365 e. The molecule has 3 atom stereocenters. The van der Waals surface area contributed by atoms with Gasteiger partial charge in [-0.15, -0.1) is 0 Å². The third kappa shape index (κ3) is 5.64. The van der Waals surface area contributed by atoms with Crippen LogP contribution in [0.2, 0.25) is 0 Å². The zero-order valence-corrected chi connectivity index (χ0v) is 25.2. The maximum atomic E-state index is 13.5.